The fraction of sp³-hybridized carbons (Fsp3) is 0.471. The minimum absolute atomic E-state index is 0.0225. The summed E-state index contributed by atoms with van der Waals surface area (Å²) < 4.78 is 78.3. The average Bonchev–Trinajstić information content (AvgIpc) is 2.94. The van der Waals surface area contributed by atoms with Crippen molar-refractivity contribution in [2.45, 2.75) is 37.7 Å². The van der Waals surface area contributed by atoms with E-state index in [1.54, 1.807) is 0 Å². The molecule has 0 saturated carbocycles. The van der Waals surface area contributed by atoms with Crippen molar-refractivity contribution in [3.8, 4) is 0 Å². The first-order valence-electron chi connectivity index (χ1n) is 8.34. The molecule has 0 unspecified atom stereocenters. The number of H-pyrrole nitrogens is 1. The van der Waals surface area contributed by atoms with E-state index in [9.17, 15) is 31.1 Å². The van der Waals surface area contributed by atoms with Gasteiger partial charge in [-0.1, -0.05) is 0 Å². The zero-order chi connectivity index (χ0) is 19.8. The zero-order valence-corrected chi connectivity index (χ0v) is 14.0. The fourth-order valence-corrected chi connectivity index (χ4v) is 3.21. The number of aromatic amines is 1. The number of amides is 1. The first-order valence-corrected chi connectivity index (χ1v) is 8.34. The molecule has 3 rings (SSSR count). The summed E-state index contributed by atoms with van der Waals surface area (Å²) in [5.74, 6) is -0.391. The maximum atomic E-state index is 13.2. The van der Waals surface area contributed by atoms with Crippen LogP contribution in [0.2, 0.25) is 0 Å². The Balaban J connectivity index is 1.88. The monoisotopic (exact) mass is 393 g/mol. The normalized spacial score (nSPS) is 16.7. The summed E-state index contributed by atoms with van der Waals surface area (Å²) in [7, 11) is 0. The van der Waals surface area contributed by atoms with Gasteiger partial charge in [-0.15, -0.1) is 0 Å². The molecule has 1 aromatic heterocycles. The Morgan fingerprint density at radius 1 is 1.04 bits per heavy atom. The van der Waals surface area contributed by atoms with Crippen molar-refractivity contribution in [2.75, 3.05) is 13.1 Å². The number of carbonyl (C=O) groups is 1. The molecule has 0 aliphatic carbocycles. The van der Waals surface area contributed by atoms with Gasteiger partial charge in [0.2, 0.25) is 5.91 Å². The number of rotatable bonds is 3. The Bertz CT molecular complexity index is 834. The maximum absolute atomic E-state index is 13.2. The number of aromatic nitrogens is 1. The molecular weight excluding hydrogens is 376 g/mol. The van der Waals surface area contributed by atoms with Gasteiger partial charge in [-0.3, -0.25) is 4.79 Å². The molecule has 0 spiro atoms. The van der Waals surface area contributed by atoms with Crippen molar-refractivity contribution in [1.82, 2.24) is 15.6 Å². The highest BCUT2D eigenvalue weighted by Gasteiger charge is 2.38. The van der Waals surface area contributed by atoms with E-state index >= 15 is 0 Å². The molecule has 2 aromatic rings. The van der Waals surface area contributed by atoms with Crippen LogP contribution >= 0.6 is 0 Å². The van der Waals surface area contributed by atoms with Gasteiger partial charge in [0.15, 0.2) is 0 Å². The van der Waals surface area contributed by atoms with E-state index in [2.05, 4.69) is 15.6 Å². The highest BCUT2D eigenvalue weighted by atomic mass is 19.4. The quantitative estimate of drug-likeness (QED) is 0.698. The molecule has 0 bridgehead atoms. The summed E-state index contributed by atoms with van der Waals surface area (Å²) >= 11 is 0. The molecule has 10 heteroatoms. The van der Waals surface area contributed by atoms with Gasteiger partial charge in [0.05, 0.1) is 17.5 Å². The van der Waals surface area contributed by atoms with Gasteiger partial charge in [-0.05, 0) is 44.1 Å². The number of piperidine rings is 1. The van der Waals surface area contributed by atoms with Crippen LogP contribution in [0.5, 0.6) is 0 Å². The Labute approximate surface area is 150 Å². The Hall–Kier alpha value is -2.23. The molecule has 1 fully saturated rings. The Morgan fingerprint density at radius 2 is 1.70 bits per heavy atom. The molecule has 2 heterocycles. The number of halogens is 6. The smallest absolute Gasteiger partial charge is 0.358 e. The van der Waals surface area contributed by atoms with Crippen LogP contribution < -0.4 is 10.6 Å². The van der Waals surface area contributed by atoms with Crippen molar-refractivity contribution < 1.29 is 31.1 Å². The number of nitrogens with one attached hydrogen (secondary N) is 3. The molecule has 148 valence electrons. The SMILES string of the molecule is O=C(Cc1cc2c(C(F)(F)F)cc(C(F)(F)F)cc2[nH]1)NC1CCNCC1. The number of benzene rings is 1. The highest BCUT2D eigenvalue weighted by Crippen LogP contribution is 2.40. The number of hydrogen-bond acceptors (Lipinski definition) is 2. The van der Waals surface area contributed by atoms with Crippen LogP contribution in [0.15, 0.2) is 18.2 Å². The highest BCUT2D eigenvalue weighted by molar-refractivity contribution is 5.87. The minimum Gasteiger partial charge on any atom is -0.358 e. The van der Waals surface area contributed by atoms with E-state index in [0.717, 1.165) is 32.0 Å². The van der Waals surface area contributed by atoms with Crippen molar-refractivity contribution >= 4 is 16.8 Å². The molecule has 1 aliphatic rings. The van der Waals surface area contributed by atoms with Gasteiger partial charge in [0, 0.05) is 22.6 Å². The molecule has 1 aromatic carbocycles. The summed E-state index contributed by atoms with van der Waals surface area (Å²) in [6.45, 7) is 1.51. The van der Waals surface area contributed by atoms with Gasteiger partial charge in [0.1, 0.15) is 0 Å². The van der Waals surface area contributed by atoms with Gasteiger partial charge >= 0.3 is 12.4 Å². The molecule has 4 nitrogen and oxygen atoms in total. The van der Waals surface area contributed by atoms with Crippen LogP contribution in [0.25, 0.3) is 10.9 Å². The van der Waals surface area contributed by atoms with E-state index in [-0.39, 0.29) is 35.1 Å². The minimum atomic E-state index is -4.95. The summed E-state index contributed by atoms with van der Waals surface area (Å²) in [5, 5.41) is 5.54. The van der Waals surface area contributed by atoms with Crippen LogP contribution in [0.1, 0.15) is 29.7 Å². The molecule has 1 aliphatic heterocycles. The van der Waals surface area contributed by atoms with Gasteiger partial charge in [-0.2, -0.15) is 26.3 Å². The van der Waals surface area contributed by atoms with Gasteiger partial charge in [-0.25, -0.2) is 0 Å². The van der Waals surface area contributed by atoms with Crippen LogP contribution in [-0.2, 0) is 23.6 Å². The number of fused-ring (bicyclic) bond motifs is 1. The van der Waals surface area contributed by atoms with E-state index in [1.807, 2.05) is 0 Å². The Kier molecular flexibility index (Phi) is 5.11. The number of alkyl halides is 6. The first-order chi connectivity index (χ1) is 12.5. The van der Waals surface area contributed by atoms with Crippen molar-refractivity contribution in [1.29, 1.82) is 0 Å². The largest absolute Gasteiger partial charge is 0.417 e. The van der Waals surface area contributed by atoms with Crippen LogP contribution in [-0.4, -0.2) is 30.0 Å². The summed E-state index contributed by atoms with van der Waals surface area (Å²) in [6.07, 6.45) is -8.61. The molecule has 0 radical (unpaired) electrons. The van der Waals surface area contributed by atoms with E-state index < -0.39 is 29.4 Å². The number of hydrogen-bond donors (Lipinski definition) is 3. The second-order valence-electron chi connectivity index (χ2n) is 6.54. The summed E-state index contributed by atoms with van der Waals surface area (Å²) in [6, 6.07) is 1.78. The second kappa shape index (κ2) is 7.06. The van der Waals surface area contributed by atoms with E-state index in [1.165, 1.54) is 0 Å². The lowest BCUT2D eigenvalue weighted by Crippen LogP contribution is -2.43. The summed E-state index contributed by atoms with van der Waals surface area (Å²) in [4.78, 5) is 14.6. The third kappa shape index (κ3) is 4.55. The first kappa shape index (κ1) is 19.5. The van der Waals surface area contributed by atoms with Crippen LogP contribution in [0, 0.1) is 0 Å². The van der Waals surface area contributed by atoms with E-state index in [4.69, 9.17) is 0 Å². The van der Waals surface area contributed by atoms with Crippen molar-refractivity contribution in [3.05, 3.63) is 35.0 Å². The maximum Gasteiger partial charge on any atom is 0.417 e. The molecule has 27 heavy (non-hydrogen) atoms. The lowest BCUT2D eigenvalue weighted by atomic mass is 10.0. The molecule has 0 atom stereocenters. The Morgan fingerprint density at radius 3 is 2.30 bits per heavy atom. The topological polar surface area (TPSA) is 56.9 Å². The molecule has 3 N–H and O–H groups in total. The standard InChI is InChI=1S/C17H17F6N3O/c18-16(19,20)9-5-13(17(21,22)23)12-7-11(25-14(12)6-9)8-15(27)26-10-1-3-24-4-2-10/h5-7,10,24-25H,1-4,8H2,(H,26,27). The third-order valence-electron chi connectivity index (χ3n) is 4.48. The summed E-state index contributed by atoms with van der Waals surface area (Å²) in [5.41, 5.74) is -2.95. The zero-order valence-electron chi connectivity index (χ0n) is 14.0. The number of carbonyl (C=O) groups excluding carboxylic acids is 1. The third-order valence-corrected chi connectivity index (χ3v) is 4.48. The lowest BCUT2D eigenvalue weighted by Gasteiger charge is -2.23. The van der Waals surface area contributed by atoms with E-state index in [0.29, 0.717) is 6.07 Å². The van der Waals surface area contributed by atoms with Crippen LogP contribution in [0.3, 0.4) is 0 Å². The van der Waals surface area contributed by atoms with Crippen molar-refractivity contribution in [2.24, 2.45) is 0 Å². The molecule has 1 amide bonds. The second-order valence-corrected chi connectivity index (χ2v) is 6.54. The van der Waals surface area contributed by atoms with Gasteiger partial charge < -0.3 is 15.6 Å². The molecule has 1 saturated heterocycles. The van der Waals surface area contributed by atoms with Crippen LogP contribution in [0.4, 0.5) is 26.3 Å². The predicted octanol–water partition coefficient (Wildman–Crippen LogP) is 3.62. The average molecular weight is 393 g/mol. The van der Waals surface area contributed by atoms with Crippen molar-refractivity contribution in [3.63, 3.8) is 0 Å². The molecular formula is C17H17F6N3O. The fourth-order valence-electron chi connectivity index (χ4n) is 3.21. The predicted molar refractivity (Wildman–Crippen MR) is 86.0 cm³/mol. The lowest BCUT2D eigenvalue weighted by molar-refractivity contribution is -0.142. The van der Waals surface area contributed by atoms with Gasteiger partial charge in [0.25, 0.3) is 0 Å².